The van der Waals surface area contributed by atoms with Gasteiger partial charge in [-0.2, -0.15) is 0 Å². The van der Waals surface area contributed by atoms with E-state index in [1.807, 2.05) is 39.0 Å². The molecule has 5 nitrogen and oxygen atoms in total. The van der Waals surface area contributed by atoms with Gasteiger partial charge in [-0.3, -0.25) is 14.5 Å². The molecule has 2 fully saturated rings. The van der Waals surface area contributed by atoms with Crippen molar-refractivity contribution in [3.05, 3.63) is 29.3 Å². The third-order valence-corrected chi connectivity index (χ3v) is 6.42. The van der Waals surface area contributed by atoms with Crippen LogP contribution < -0.4 is 10.6 Å². The van der Waals surface area contributed by atoms with E-state index in [1.165, 1.54) is 32.1 Å². The summed E-state index contributed by atoms with van der Waals surface area (Å²) in [5.41, 5.74) is 2.89. The van der Waals surface area contributed by atoms with E-state index in [2.05, 4.69) is 15.5 Å². The number of hydrogen-bond donors (Lipinski definition) is 2. The molecule has 0 radical (unpaired) electrons. The van der Waals surface area contributed by atoms with E-state index in [4.69, 9.17) is 0 Å². The molecular weight excluding hydrogens is 338 g/mol. The molecule has 3 atom stereocenters. The summed E-state index contributed by atoms with van der Waals surface area (Å²) in [7, 11) is 0. The molecule has 2 amide bonds. The van der Waals surface area contributed by atoms with Gasteiger partial charge in [0, 0.05) is 12.2 Å². The maximum Gasteiger partial charge on any atom is 0.243 e. The summed E-state index contributed by atoms with van der Waals surface area (Å²) < 4.78 is 0. The molecule has 0 unspecified atom stereocenters. The van der Waals surface area contributed by atoms with Crippen molar-refractivity contribution >= 4 is 17.5 Å². The number of hydrogen-bond acceptors (Lipinski definition) is 3. The summed E-state index contributed by atoms with van der Waals surface area (Å²) >= 11 is 0. The van der Waals surface area contributed by atoms with Gasteiger partial charge in [0.1, 0.15) is 0 Å². The molecule has 1 aliphatic carbocycles. The number of nitrogens with zero attached hydrogens (tertiary/aromatic N) is 1. The first-order chi connectivity index (χ1) is 13.0. The van der Waals surface area contributed by atoms with E-state index < -0.39 is 0 Å². The fourth-order valence-corrected chi connectivity index (χ4v) is 4.66. The molecule has 2 aliphatic rings. The lowest BCUT2D eigenvalue weighted by molar-refractivity contribution is -0.129. The Hall–Kier alpha value is -1.88. The fourth-order valence-electron chi connectivity index (χ4n) is 4.66. The van der Waals surface area contributed by atoms with Crippen molar-refractivity contribution in [1.29, 1.82) is 0 Å². The smallest absolute Gasteiger partial charge is 0.243 e. The molecule has 0 spiro atoms. The van der Waals surface area contributed by atoms with Crippen molar-refractivity contribution < 1.29 is 9.59 Å². The van der Waals surface area contributed by atoms with Gasteiger partial charge in [0.15, 0.2) is 0 Å². The maximum absolute atomic E-state index is 12.6. The predicted molar refractivity (Wildman–Crippen MR) is 109 cm³/mol. The van der Waals surface area contributed by atoms with Gasteiger partial charge in [-0.05, 0) is 63.1 Å². The minimum absolute atomic E-state index is 0.0108. The predicted octanol–water partition coefficient (Wildman–Crippen LogP) is 3.26. The van der Waals surface area contributed by atoms with Gasteiger partial charge in [-0.15, -0.1) is 0 Å². The average Bonchev–Trinajstić information content (AvgIpc) is 2.68. The first kappa shape index (κ1) is 19.9. The highest BCUT2D eigenvalue weighted by atomic mass is 16.2. The molecule has 0 aromatic heterocycles. The molecule has 5 heteroatoms. The minimum atomic E-state index is -0.182. The van der Waals surface area contributed by atoms with Crippen molar-refractivity contribution in [2.24, 2.45) is 11.8 Å². The van der Waals surface area contributed by atoms with E-state index in [1.54, 1.807) is 0 Å². The van der Waals surface area contributed by atoms with Crippen LogP contribution in [0.2, 0.25) is 0 Å². The number of fused-ring (bicyclic) bond motifs is 1. The van der Waals surface area contributed by atoms with Crippen LogP contribution in [-0.2, 0) is 9.59 Å². The van der Waals surface area contributed by atoms with Crippen molar-refractivity contribution in [3.8, 4) is 0 Å². The number of para-hydroxylation sites is 1. The van der Waals surface area contributed by atoms with Crippen LogP contribution in [0.4, 0.5) is 5.69 Å². The van der Waals surface area contributed by atoms with Crippen LogP contribution in [0.3, 0.4) is 0 Å². The van der Waals surface area contributed by atoms with Gasteiger partial charge in [-0.1, -0.05) is 37.5 Å². The molecule has 1 aliphatic heterocycles. The van der Waals surface area contributed by atoms with Crippen molar-refractivity contribution in [3.63, 3.8) is 0 Å². The Labute approximate surface area is 162 Å². The third kappa shape index (κ3) is 4.89. The summed E-state index contributed by atoms with van der Waals surface area (Å²) in [6, 6.07) is 5.73. The molecule has 148 valence electrons. The topological polar surface area (TPSA) is 61.4 Å². The van der Waals surface area contributed by atoms with Crippen LogP contribution >= 0.6 is 0 Å². The highest BCUT2D eigenvalue weighted by molar-refractivity contribution is 5.96. The Morgan fingerprint density at radius 3 is 2.48 bits per heavy atom. The van der Waals surface area contributed by atoms with Crippen LogP contribution in [0.15, 0.2) is 18.2 Å². The molecule has 1 aromatic carbocycles. The zero-order valence-electron chi connectivity index (χ0n) is 16.9. The normalized spacial score (nSPS) is 24.0. The largest absolute Gasteiger partial charge is 0.346 e. The summed E-state index contributed by atoms with van der Waals surface area (Å²) in [6.07, 6.45) is 6.56. The lowest BCUT2D eigenvalue weighted by atomic mass is 9.75. The molecule has 3 rings (SSSR count). The number of piperidine rings is 1. The highest BCUT2D eigenvalue weighted by Gasteiger charge is 2.34. The first-order valence-corrected chi connectivity index (χ1v) is 10.3. The highest BCUT2D eigenvalue weighted by Crippen LogP contribution is 2.36. The van der Waals surface area contributed by atoms with E-state index in [-0.39, 0.29) is 24.4 Å². The number of amides is 2. The second kappa shape index (κ2) is 8.87. The van der Waals surface area contributed by atoms with Crippen molar-refractivity contribution in [1.82, 2.24) is 10.2 Å². The molecule has 1 saturated heterocycles. The quantitative estimate of drug-likeness (QED) is 0.835. The second-order valence-corrected chi connectivity index (χ2v) is 8.30. The SMILES string of the molecule is Cc1cccc(C)c1NC(=O)CNC(=O)[C@H](C)N1CC[C@@H]2CCCC[C@@H]2C1. The molecule has 27 heavy (non-hydrogen) atoms. The van der Waals surface area contributed by atoms with Crippen LogP contribution in [0, 0.1) is 25.7 Å². The Morgan fingerprint density at radius 1 is 1.11 bits per heavy atom. The Bertz CT molecular complexity index is 668. The number of rotatable bonds is 5. The second-order valence-electron chi connectivity index (χ2n) is 8.30. The minimum Gasteiger partial charge on any atom is -0.346 e. The van der Waals surface area contributed by atoms with Gasteiger partial charge in [0.05, 0.1) is 12.6 Å². The number of nitrogens with one attached hydrogen (secondary N) is 2. The molecular formula is C22H33N3O2. The van der Waals surface area contributed by atoms with Crippen LogP contribution in [0.25, 0.3) is 0 Å². The summed E-state index contributed by atoms with van der Waals surface area (Å²) in [4.78, 5) is 27.1. The lowest BCUT2D eigenvalue weighted by Gasteiger charge is -2.43. The Morgan fingerprint density at radius 2 is 1.78 bits per heavy atom. The number of anilines is 1. The molecule has 1 heterocycles. The lowest BCUT2D eigenvalue weighted by Crippen LogP contribution is -2.52. The van der Waals surface area contributed by atoms with Gasteiger partial charge < -0.3 is 10.6 Å². The van der Waals surface area contributed by atoms with Crippen molar-refractivity contribution in [2.75, 3.05) is 25.0 Å². The first-order valence-electron chi connectivity index (χ1n) is 10.3. The van der Waals surface area contributed by atoms with E-state index >= 15 is 0 Å². The van der Waals surface area contributed by atoms with E-state index in [9.17, 15) is 9.59 Å². The zero-order valence-corrected chi connectivity index (χ0v) is 16.9. The number of likely N-dealkylation sites (tertiary alicyclic amines) is 1. The number of carbonyl (C=O) groups excluding carboxylic acids is 2. The van der Waals surface area contributed by atoms with Gasteiger partial charge in [-0.25, -0.2) is 0 Å². The molecule has 1 aromatic rings. The van der Waals surface area contributed by atoms with Crippen molar-refractivity contribution in [2.45, 2.75) is 58.9 Å². The number of carbonyl (C=O) groups is 2. The number of benzene rings is 1. The summed E-state index contributed by atoms with van der Waals surface area (Å²) in [5, 5.41) is 5.74. The van der Waals surface area contributed by atoms with Crippen LogP contribution in [-0.4, -0.2) is 42.4 Å². The third-order valence-electron chi connectivity index (χ3n) is 6.42. The average molecular weight is 372 g/mol. The van der Waals surface area contributed by atoms with E-state index in [0.29, 0.717) is 0 Å². The van der Waals surface area contributed by atoms with Crippen LogP contribution in [0.5, 0.6) is 0 Å². The zero-order chi connectivity index (χ0) is 19.4. The summed E-state index contributed by atoms with van der Waals surface area (Å²) in [5.74, 6) is 1.36. The Balaban J connectivity index is 1.47. The monoisotopic (exact) mass is 371 g/mol. The van der Waals surface area contributed by atoms with Gasteiger partial charge in [0.25, 0.3) is 0 Å². The number of aryl methyl sites for hydroxylation is 2. The Kier molecular flexibility index (Phi) is 6.53. The summed E-state index contributed by atoms with van der Waals surface area (Å²) in [6.45, 7) is 7.92. The van der Waals surface area contributed by atoms with Gasteiger partial charge >= 0.3 is 0 Å². The molecule has 0 bridgehead atoms. The fraction of sp³-hybridized carbons (Fsp3) is 0.636. The molecule has 1 saturated carbocycles. The van der Waals surface area contributed by atoms with Crippen LogP contribution in [0.1, 0.15) is 50.2 Å². The standard InChI is InChI=1S/C22H33N3O2/c1-15-7-6-8-16(2)21(15)24-20(26)13-23-22(27)17(3)25-12-11-18-9-4-5-10-19(18)14-25/h6-8,17-19H,4-5,9-14H2,1-3H3,(H,23,27)(H,24,26)/t17-,18-,19+/m0/s1. The van der Waals surface area contributed by atoms with E-state index in [0.717, 1.165) is 41.7 Å². The maximum atomic E-state index is 12.6. The molecule has 2 N–H and O–H groups in total. The van der Waals surface area contributed by atoms with Gasteiger partial charge in [0.2, 0.25) is 11.8 Å².